The Hall–Kier alpha value is -0.900. The van der Waals surface area contributed by atoms with E-state index >= 15 is 0 Å². The van der Waals surface area contributed by atoms with E-state index in [1.807, 2.05) is 0 Å². The molecule has 0 unspecified atom stereocenters. The van der Waals surface area contributed by atoms with Gasteiger partial charge in [-0.1, -0.05) is 13.8 Å². The Labute approximate surface area is 88.3 Å². The Balaban J connectivity index is 2.36. The van der Waals surface area contributed by atoms with E-state index in [1.165, 1.54) is 6.20 Å². The summed E-state index contributed by atoms with van der Waals surface area (Å²) in [6.45, 7) is 4.28. The predicted molar refractivity (Wildman–Crippen MR) is 58.5 cm³/mol. The van der Waals surface area contributed by atoms with Gasteiger partial charge in [-0.15, -0.1) is 0 Å². The summed E-state index contributed by atoms with van der Waals surface area (Å²) in [6, 6.07) is 0. The van der Waals surface area contributed by atoms with E-state index in [0.29, 0.717) is 17.4 Å². The highest BCUT2D eigenvalue weighted by Gasteiger charge is 2.07. The molecule has 0 aromatic carbocycles. The van der Waals surface area contributed by atoms with Gasteiger partial charge in [0.05, 0.1) is 11.9 Å². The fraction of sp³-hybridized carbons (Fsp3) is 0.500. The molecule has 0 atom stereocenters. The van der Waals surface area contributed by atoms with Crippen molar-refractivity contribution in [1.29, 1.82) is 0 Å². The van der Waals surface area contributed by atoms with Gasteiger partial charge in [0.25, 0.3) is 0 Å². The maximum Gasteiger partial charge on any atom is 0.192 e. The van der Waals surface area contributed by atoms with Crippen molar-refractivity contribution < 1.29 is 4.79 Å². The molecule has 4 heteroatoms. The van der Waals surface area contributed by atoms with E-state index in [1.54, 1.807) is 24.2 Å². The second-order valence-corrected chi connectivity index (χ2v) is 4.45. The van der Waals surface area contributed by atoms with Crippen LogP contribution in [-0.2, 0) is 0 Å². The van der Waals surface area contributed by atoms with Crippen LogP contribution in [0.2, 0.25) is 0 Å². The van der Waals surface area contributed by atoms with E-state index < -0.39 is 0 Å². The van der Waals surface area contributed by atoms with Crippen LogP contribution < -0.4 is 0 Å². The van der Waals surface area contributed by atoms with Crippen molar-refractivity contribution in [3.8, 4) is 0 Å². The van der Waals surface area contributed by atoms with Crippen LogP contribution in [0.25, 0.3) is 0 Å². The second kappa shape index (κ2) is 5.75. The van der Waals surface area contributed by atoms with Gasteiger partial charge in [-0.3, -0.25) is 9.78 Å². The highest BCUT2D eigenvalue weighted by Crippen LogP contribution is 2.09. The average Bonchev–Trinajstić information content (AvgIpc) is 2.18. The fourth-order valence-corrected chi connectivity index (χ4v) is 1.83. The SMILES string of the molecule is CC(C)CSCC(=O)c1cnccn1. The van der Waals surface area contributed by atoms with Crippen LogP contribution in [0.4, 0.5) is 0 Å². The number of thioether (sulfide) groups is 1. The lowest BCUT2D eigenvalue weighted by Crippen LogP contribution is -2.06. The molecule has 0 aliphatic carbocycles. The van der Waals surface area contributed by atoms with Crippen LogP contribution in [-0.4, -0.2) is 27.3 Å². The Morgan fingerprint density at radius 2 is 2.29 bits per heavy atom. The molecule has 0 bridgehead atoms. The molecule has 0 saturated heterocycles. The van der Waals surface area contributed by atoms with Crippen molar-refractivity contribution >= 4 is 17.5 Å². The maximum absolute atomic E-state index is 11.5. The lowest BCUT2D eigenvalue weighted by molar-refractivity contribution is 0.101. The quantitative estimate of drug-likeness (QED) is 0.698. The lowest BCUT2D eigenvalue weighted by atomic mass is 10.3. The van der Waals surface area contributed by atoms with Crippen LogP contribution >= 0.6 is 11.8 Å². The Kier molecular flexibility index (Phi) is 4.59. The largest absolute Gasteiger partial charge is 0.291 e. The molecule has 14 heavy (non-hydrogen) atoms. The summed E-state index contributed by atoms with van der Waals surface area (Å²) in [6.07, 6.45) is 4.62. The van der Waals surface area contributed by atoms with Crippen LogP contribution in [0.1, 0.15) is 24.3 Å². The third kappa shape index (κ3) is 3.87. The molecule has 0 amide bonds. The van der Waals surface area contributed by atoms with E-state index in [2.05, 4.69) is 23.8 Å². The zero-order valence-electron chi connectivity index (χ0n) is 8.43. The van der Waals surface area contributed by atoms with Crippen molar-refractivity contribution in [2.45, 2.75) is 13.8 Å². The van der Waals surface area contributed by atoms with Gasteiger partial charge in [-0.05, 0) is 11.7 Å². The number of hydrogen-bond donors (Lipinski definition) is 0. The third-order valence-corrected chi connectivity index (χ3v) is 2.90. The van der Waals surface area contributed by atoms with Crippen molar-refractivity contribution in [1.82, 2.24) is 9.97 Å². The minimum absolute atomic E-state index is 0.0590. The van der Waals surface area contributed by atoms with E-state index in [4.69, 9.17) is 0 Å². The van der Waals surface area contributed by atoms with Crippen LogP contribution in [0.5, 0.6) is 0 Å². The average molecular weight is 210 g/mol. The number of nitrogens with zero attached hydrogens (tertiary/aromatic N) is 2. The predicted octanol–water partition coefficient (Wildman–Crippen LogP) is 2.05. The summed E-state index contributed by atoms with van der Waals surface area (Å²) in [5, 5.41) is 0. The second-order valence-electron chi connectivity index (χ2n) is 3.42. The molecular formula is C10H14N2OS. The number of aromatic nitrogens is 2. The molecule has 1 rings (SSSR count). The molecule has 0 fully saturated rings. The first-order chi connectivity index (χ1) is 6.70. The lowest BCUT2D eigenvalue weighted by Gasteiger charge is -2.02. The van der Waals surface area contributed by atoms with Gasteiger partial charge in [0.15, 0.2) is 5.78 Å². The Bertz CT molecular complexity index is 287. The number of rotatable bonds is 5. The molecule has 0 aliphatic heterocycles. The molecule has 0 N–H and O–H groups in total. The molecule has 0 spiro atoms. The summed E-state index contributed by atoms with van der Waals surface area (Å²) in [5.41, 5.74) is 0.462. The molecule has 0 saturated carbocycles. The maximum atomic E-state index is 11.5. The summed E-state index contributed by atoms with van der Waals surface area (Å²) < 4.78 is 0. The normalized spacial score (nSPS) is 10.5. The van der Waals surface area contributed by atoms with Crippen LogP contribution in [0.15, 0.2) is 18.6 Å². The summed E-state index contributed by atoms with van der Waals surface area (Å²) in [4.78, 5) is 19.3. The minimum Gasteiger partial charge on any atom is -0.291 e. The van der Waals surface area contributed by atoms with Gasteiger partial charge in [0.1, 0.15) is 5.69 Å². The van der Waals surface area contributed by atoms with Gasteiger partial charge in [0, 0.05) is 12.4 Å². The molecule has 0 radical (unpaired) electrons. The Morgan fingerprint density at radius 3 is 2.86 bits per heavy atom. The molecule has 0 aliphatic rings. The van der Waals surface area contributed by atoms with Crippen molar-refractivity contribution in [2.24, 2.45) is 5.92 Å². The number of hydrogen-bond acceptors (Lipinski definition) is 4. The van der Waals surface area contributed by atoms with E-state index in [-0.39, 0.29) is 5.78 Å². The van der Waals surface area contributed by atoms with Gasteiger partial charge < -0.3 is 0 Å². The standard InChI is InChI=1S/C10H14N2OS/c1-8(2)6-14-7-10(13)9-5-11-3-4-12-9/h3-5,8H,6-7H2,1-2H3. The number of ketones is 1. The summed E-state index contributed by atoms with van der Waals surface area (Å²) >= 11 is 1.65. The van der Waals surface area contributed by atoms with Gasteiger partial charge >= 0.3 is 0 Å². The highest BCUT2D eigenvalue weighted by molar-refractivity contribution is 7.99. The van der Waals surface area contributed by atoms with Crippen LogP contribution in [0, 0.1) is 5.92 Å². The Morgan fingerprint density at radius 1 is 1.50 bits per heavy atom. The fourth-order valence-electron chi connectivity index (χ4n) is 0.904. The smallest absolute Gasteiger partial charge is 0.192 e. The minimum atomic E-state index is 0.0590. The van der Waals surface area contributed by atoms with Gasteiger partial charge in [-0.25, -0.2) is 4.98 Å². The first-order valence-electron chi connectivity index (χ1n) is 4.57. The van der Waals surface area contributed by atoms with E-state index in [9.17, 15) is 4.79 Å². The zero-order valence-corrected chi connectivity index (χ0v) is 9.25. The van der Waals surface area contributed by atoms with Crippen LogP contribution in [0.3, 0.4) is 0 Å². The summed E-state index contributed by atoms with van der Waals surface area (Å²) in [7, 11) is 0. The van der Waals surface area contributed by atoms with Crippen molar-refractivity contribution in [3.05, 3.63) is 24.3 Å². The third-order valence-electron chi connectivity index (χ3n) is 1.53. The monoisotopic (exact) mass is 210 g/mol. The topological polar surface area (TPSA) is 42.9 Å². The number of Topliss-reactive ketones (excluding diaryl/α,β-unsaturated/α-hetero) is 1. The number of carbonyl (C=O) groups excluding carboxylic acids is 1. The zero-order chi connectivity index (χ0) is 10.4. The first kappa shape index (κ1) is 11.2. The molecule has 1 heterocycles. The molecule has 1 aromatic rings. The van der Waals surface area contributed by atoms with E-state index in [0.717, 1.165) is 5.75 Å². The van der Waals surface area contributed by atoms with Crippen molar-refractivity contribution in [2.75, 3.05) is 11.5 Å². The first-order valence-corrected chi connectivity index (χ1v) is 5.72. The number of carbonyl (C=O) groups is 1. The molecule has 1 aromatic heterocycles. The molecule has 3 nitrogen and oxygen atoms in total. The molecule has 76 valence electrons. The van der Waals surface area contributed by atoms with Gasteiger partial charge in [-0.2, -0.15) is 11.8 Å². The highest BCUT2D eigenvalue weighted by atomic mass is 32.2. The van der Waals surface area contributed by atoms with Gasteiger partial charge in [0.2, 0.25) is 0 Å². The van der Waals surface area contributed by atoms with Crippen molar-refractivity contribution in [3.63, 3.8) is 0 Å². The molecular weight excluding hydrogens is 196 g/mol. The summed E-state index contributed by atoms with van der Waals surface area (Å²) in [5.74, 6) is 2.18.